The SMILES string of the molecule is Cc1nc2c(OCC3CNC3)cccc2[nH]1. The highest BCUT2D eigenvalue weighted by molar-refractivity contribution is 5.81. The number of hydrogen-bond acceptors (Lipinski definition) is 3. The van der Waals surface area contributed by atoms with Crippen molar-refractivity contribution in [3.8, 4) is 5.75 Å². The Hall–Kier alpha value is -1.55. The van der Waals surface area contributed by atoms with Gasteiger partial charge in [-0.1, -0.05) is 6.07 Å². The van der Waals surface area contributed by atoms with Crippen molar-refractivity contribution < 1.29 is 4.74 Å². The predicted molar refractivity (Wildman–Crippen MR) is 62.7 cm³/mol. The molecule has 0 amide bonds. The summed E-state index contributed by atoms with van der Waals surface area (Å²) in [6.45, 7) is 4.86. The summed E-state index contributed by atoms with van der Waals surface area (Å²) in [5.74, 6) is 2.46. The van der Waals surface area contributed by atoms with Gasteiger partial charge in [-0.2, -0.15) is 0 Å². The molecular formula is C12H15N3O. The van der Waals surface area contributed by atoms with E-state index < -0.39 is 0 Å². The van der Waals surface area contributed by atoms with E-state index in [1.165, 1.54) is 0 Å². The lowest BCUT2D eigenvalue weighted by molar-refractivity contribution is 0.200. The minimum atomic E-state index is 0.648. The number of para-hydroxylation sites is 1. The standard InChI is InChI=1S/C12H15N3O/c1-8-14-10-3-2-4-11(12(10)15-8)16-7-9-5-13-6-9/h2-4,9,13H,5-7H2,1H3,(H,14,15). The molecule has 4 nitrogen and oxygen atoms in total. The lowest BCUT2D eigenvalue weighted by atomic mass is 10.1. The number of imidazole rings is 1. The third-order valence-corrected chi connectivity index (χ3v) is 2.93. The molecule has 1 saturated heterocycles. The van der Waals surface area contributed by atoms with Crippen LogP contribution in [0.15, 0.2) is 18.2 Å². The first-order chi connectivity index (χ1) is 7.83. The van der Waals surface area contributed by atoms with E-state index in [4.69, 9.17) is 4.74 Å². The van der Waals surface area contributed by atoms with Gasteiger partial charge >= 0.3 is 0 Å². The highest BCUT2D eigenvalue weighted by Crippen LogP contribution is 2.24. The Morgan fingerprint density at radius 3 is 3.06 bits per heavy atom. The summed E-state index contributed by atoms with van der Waals surface area (Å²) in [4.78, 5) is 7.65. The predicted octanol–water partition coefficient (Wildman–Crippen LogP) is 1.47. The molecule has 3 rings (SSSR count). The minimum Gasteiger partial charge on any atom is -0.491 e. The van der Waals surface area contributed by atoms with Crippen molar-refractivity contribution in [1.82, 2.24) is 15.3 Å². The molecule has 1 aromatic carbocycles. The molecule has 0 saturated carbocycles. The second-order valence-corrected chi connectivity index (χ2v) is 4.31. The van der Waals surface area contributed by atoms with Crippen LogP contribution in [0.1, 0.15) is 5.82 Å². The van der Waals surface area contributed by atoms with Crippen LogP contribution in [0.5, 0.6) is 5.75 Å². The van der Waals surface area contributed by atoms with E-state index in [1.54, 1.807) is 0 Å². The van der Waals surface area contributed by atoms with Crippen LogP contribution >= 0.6 is 0 Å². The molecule has 0 aliphatic carbocycles. The number of rotatable bonds is 3. The number of aromatic nitrogens is 2. The van der Waals surface area contributed by atoms with Crippen molar-refractivity contribution >= 4 is 11.0 Å². The quantitative estimate of drug-likeness (QED) is 0.818. The first kappa shape index (κ1) is 9.66. The van der Waals surface area contributed by atoms with Gasteiger partial charge in [0.1, 0.15) is 17.1 Å². The largest absolute Gasteiger partial charge is 0.491 e. The van der Waals surface area contributed by atoms with Crippen LogP contribution < -0.4 is 10.1 Å². The molecule has 2 heterocycles. The molecule has 2 N–H and O–H groups in total. The number of hydrogen-bond donors (Lipinski definition) is 2. The van der Waals surface area contributed by atoms with Crippen LogP contribution in [0.3, 0.4) is 0 Å². The highest BCUT2D eigenvalue weighted by Gasteiger charge is 2.17. The highest BCUT2D eigenvalue weighted by atomic mass is 16.5. The van der Waals surface area contributed by atoms with Crippen molar-refractivity contribution in [3.63, 3.8) is 0 Å². The Morgan fingerprint density at radius 2 is 2.31 bits per heavy atom. The fourth-order valence-corrected chi connectivity index (χ4v) is 1.92. The summed E-state index contributed by atoms with van der Waals surface area (Å²) in [5.41, 5.74) is 1.98. The van der Waals surface area contributed by atoms with E-state index in [0.717, 1.165) is 42.3 Å². The Bertz CT molecular complexity index is 502. The number of nitrogens with zero attached hydrogens (tertiary/aromatic N) is 1. The van der Waals surface area contributed by atoms with Gasteiger partial charge in [0.05, 0.1) is 12.1 Å². The van der Waals surface area contributed by atoms with E-state index in [-0.39, 0.29) is 0 Å². The molecule has 4 heteroatoms. The van der Waals surface area contributed by atoms with Crippen LogP contribution in [0.4, 0.5) is 0 Å². The van der Waals surface area contributed by atoms with E-state index in [1.807, 2.05) is 25.1 Å². The van der Waals surface area contributed by atoms with Gasteiger partial charge in [0.2, 0.25) is 0 Å². The first-order valence-corrected chi connectivity index (χ1v) is 5.62. The van der Waals surface area contributed by atoms with Gasteiger partial charge < -0.3 is 15.0 Å². The van der Waals surface area contributed by atoms with Crippen LogP contribution in [0.25, 0.3) is 11.0 Å². The normalized spacial score (nSPS) is 16.3. The molecule has 84 valence electrons. The smallest absolute Gasteiger partial charge is 0.147 e. The topological polar surface area (TPSA) is 49.9 Å². The van der Waals surface area contributed by atoms with Crippen LogP contribution in [0.2, 0.25) is 0 Å². The second-order valence-electron chi connectivity index (χ2n) is 4.31. The fourth-order valence-electron chi connectivity index (χ4n) is 1.92. The Kier molecular flexibility index (Phi) is 2.29. The molecular weight excluding hydrogens is 202 g/mol. The van der Waals surface area contributed by atoms with Crippen molar-refractivity contribution in [3.05, 3.63) is 24.0 Å². The first-order valence-electron chi connectivity index (χ1n) is 5.62. The van der Waals surface area contributed by atoms with Gasteiger partial charge in [-0.15, -0.1) is 0 Å². The number of benzene rings is 1. The molecule has 1 aromatic heterocycles. The van der Waals surface area contributed by atoms with Crippen LogP contribution in [-0.2, 0) is 0 Å². The summed E-state index contributed by atoms with van der Waals surface area (Å²) in [6, 6.07) is 6.00. The average Bonchev–Trinajstić information content (AvgIpc) is 2.56. The maximum absolute atomic E-state index is 5.81. The molecule has 2 aromatic rings. The third kappa shape index (κ3) is 1.65. The Balaban J connectivity index is 1.84. The minimum absolute atomic E-state index is 0.648. The maximum atomic E-state index is 5.81. The molecule has 1 fully saturated rings. The number of nitrogens with one attached hydrogen (secondary N) is 2. The molecule has 0 unspecified atom stereocenters. The lowest BCUT2D eigenvalue weighted by Crippen LogP contribution is -2.45. The number of aromatic amines is 1. The van der Waals surface area contributed by atoms with Gasteiger partial charge in [-0.05, 0) is 19.1 Å². The molecule has 0 bridgehead atoms. The van der Waals surface area contributed by atoms with Crippen molar-refractivity contribution in [2.24, 2.45) is 5.92 Å². The van der Waals surface area contributed by atoms with Gasteiger partial charge in [0.15, 0.2) is 0 Å². The average molecular weight is 217 g/mol. The summed E-state index contributed by atoms with van der Waals surface area (Å²) in [6.07, 6.45) is 0. The maximum Gasteiger partial charge on any atom is 0.147 e. The zero-order chi connectivity index (χ0) is 11.0. The van der Waals surface area contributed by atoms with Crippen molar-refractivity contribution in [2.45, 2.75) is 6.92 Å². The summed E-state index contributed by atoms with van der Waals surface area (Å²) in [7, 11) is 0. The number of fused-ring (bicyclic) bond motifs is 1. The van der Waals surface area contributed by atoms with Gasteiger partial charge in [0.25, 0.3) is 0 Å². The van der Waals surface area contributed by atoms with E-state index in [2.05, 4.69) is 15.3 Å². The summed E-state index contributed by atoms with van der Waals surface area (Å²) in [5, 5.41) is 3.24. The summed E-state index contributed by atoms with van der Waals surface area (Å²) >= 11 is 0. The van der Waals surface area contributed by atoms with E-state index >= 15 is 0 Å². The fraction of sp³-hybridized carbons (Fsp3) is 0.417. The Labute approximate surface area is 94.0 Å². The Morgan fingerprint density at radius 1 is 1.44 bits per heavy atom. The molecule has 16 heavy (non-hydrogen) atoms. The molecule has 0 spiro atoms. The van der Waals surface area contributed by atoms with E-state index in [0.29, 0.717) is 5.92 Å². The van der Waals surface area contributed by atoms with Crippen LogP contribution in [0, 0.1) is 12.8 Å². The molecule has 1 aliphatic heterocycles. The number of ether oxygens (including phenoxy) is 1. The summed E-state index contributed by atoms with van der Waals surface area (Å²) < 4.78 is 5.81. The molecule has 1 aliphatic rings. The second kappa shape index (κ2) is 3.79. The number of aryl methyl sites for hydroxylation is 1. The molecule has 0 radical (unpaired) electrons. The zero-order valence-electron chi connectivity index (χ0n) is 9.29. The van der Waals surface area contributed by atoms with Gasteiger partial charge in [-0.3, -0.25) is 0 Å². The monoisotopic (exact) mass is 217 g/mol. The van der Waals surface area contributed by atoms with E-state index in [9.17, 15) is 0 Å². The van der Waals surface area contributed by atoms with Crippen LogP contribution in [-0.4, -0.2) is 29.7 Å². The lowest BCUT2D eigenvalue weighted by Gasteiger charge is -2.26. The molecule has 0 atom stereocenters. The van der Waals surface area contributed by atoms with Gasteiger partial charge in [-0.25, -0.2) is 4.98 Å². The van der Waals surface area contributed by atoms with Crippen molar-refractivity contribution in [2.75, 3.05) is 19.7 Å². The van der Waals surface area contributed by atoms with Crippen molar-refractivity contribution in [1.29, 1.82) is 0 Å². The zero-order valence-corrected chi connectivity index (χ0v) is 9.29. The third-order valence-electron chi connectivity index (χ3n) is 2.93. The van der Waals surface area contributed by atoms with Gasteiger partial charge in [0, 0.05) is 19.0 Å². The number of H-pyrrole nitrogens is 1.